The zero-order valence-corrected chi connectivity index (χ0v) is 18.2. The van der Waals surface area contributed by atoms with Gasteiger partial charge in [0, 0.05) is 12.5 Å². The second-order valence-corrected chi connectivity index (χ2v) is 9.48. The van der Waals surface area contributed by atoms with Gasteiger partial charge in [-0.3, -0.25) is 23.7 Å². The van der Waals surface area contributed by atoms with Gasteiger partial charge in [-0.05, 0) is 18.4 Å². The Morgan fingerprint density at radius 1 is 1.25 bits per heavy atom. The number of hydrogen-bond donors (Lipinski definition) is 2. The van der Waals surface area contributed by atoms with E-state index in [1.807, 2.05) is 30.3 Å². The molecule has 32 heavy (non-hydrogen) atoms. The molecule has 12 heteroatoms. The molecule has 0 aliphatic heterocycles. The minimum Gasteiger partial charge on any atom is -0.369 e. The molecule has 1 aromatic carbocycles. The molecule has 1 unspecified atom stereocenters. The second-order valence-electron chi connectivity index (χ2n) is 7.48. The summed E-state index contributed by atoms with van der Waals surface area (Å²) in [5.41, 5.74) is 6.47. The molecule has 1 saturated carbocycles. The summed E-state index contributed by atoms with van der Waals surface area (Å²) in [5, 5.41) is 0. The number of carbonyl (C=O) groups excluding carboxylic acids is 1. The van der Waals surface area contributed by atoms with Gasteiger partial charge in [0.25, 0.3) is 5.56 Å². The summed E-state index contributed by atoms with van der Waals surface area (Å²) in [4.78, 5) is 34.3. The number of benzene rings is 1. The zero-order chi connectivity index (χ0) is 22.6. The second kappa shape index (κ2) is 9.74. The molecule has 1 fully saturated rings. The van der Waals surface area contributed by atoms with Gasteiger partial charge < -0.3 is 19.6 Å². The maximum Gasteiger partial charge on any atom is 0.356 e. The van der Waals surface area contributed by atoms with E-state index >= 15 is 0 Å². The van der Waals surface area contributed by atoms with Gasteiger partial charge in [0.1, 0.15) is 13.0 Å². The van der Waals surface area contributed by atoms with Crippen LogP contribution in [0.5, 0.6) is 0 Å². The minimum atomic E-state index is -3.68. The number of rotatable bonds is 12. The van der Waals surface area contributed by atoms with Crippen LogP contribution in [0.4, 0.5) is 5.95 Å². The third-order valence-corrected chi connectivity index (χ3v) is 6.47. The van der Waals surface area contributed by atoms with Crippen molar-refractivity contribution < 1.29 is 23.1 Å². The molecule has 2 aromatic heterocycles. The van der Waals surface area contributed by atoms with Crippen LogP contribution in [-0.4, -0.2) is 44.9 Å². The van der Waals surface area contributed by atoms with Crippen molar-refractivity contribution in [1.29, 1.82) is 0 Å². The van der Waals surface area contributed by atoms with Crippen molar-refractivity contribution in [2.45, 2.75) is 26.0 Å². The van der Waals surface area contributed by atoms with E-state index < -0.39 is 13.2 Å². The number of aromatic amines is 1. The number of nitrogen functional groups attached to an aromatic ring is 1. The molecule has 0 radical (unpaired) electrons. The molecule has 1 aliphatic carbocycles. The van der Waals surface area contributed by atoms with Crippen LogP contribution in [0, 0.1) is 5.92 Å². The van der Waals surface area contributed by atoms with Crippen LogP contribution in [-0.2, 0) is 36.3 Å². The summed E-state index contributed by atoms with van der Waals surface area (Å²) in [5.74, 6) is -0.0962. The fourth-order valence-electron chi connectivity index (χ4n) is 3.02. The molecule has 0 spiro atoms. The van der Waals surface area contributed by atoms with Gasteiger partial charge in [-0.15, -0.1) is 0 Å². The van der Waals surface area contributed by atoms with E-state index in [0.29, 0.717) is 5.65 Å². The van der Waals surface area contributed by atoms with Crippen molar-refractivity contribution in [3.05, 3.63) is 52.6 Å². The molecule has 11 nitrogen and oxygen atoms in total. The average molecular weight is 461 g/mol. The number of ketones is 1. The van der Waals surface area contributed by atoms with Gasteiger partial charge >= 0.3 is 7.60 Å². The quantitative estimate of drug-likeness (QED) is 0.305. The van der Waals surface area contributed by atoms with Crippen LogP contribution < -0.4 is 11.3 Å². The smallest absolute Gasteiger partial charge is 0.356 e. The molecule has 0 saturated heterocycles. The van der Waals surface area contributed by atoms with Crippen molar-refractivity contribution in [1.82, 2.24) is 19.5 Å². The number of ether oxygens (including phenoxy) is 1. The number of nitrogens with zero attached hydrogens (tertiary/aromatic N) is 3. The van der Waals surface area contributed by atoms with E-state index in [1.165, 1.54) is 6.33 Å². The molecule has 0 bridgehead atoms. The first-order valence-corrected chi connectivity index (χ1v) is 11.9. The van der Waals surface area contributed by atoms with Crippen molar-refractivity contribution in [2.75, 3.05) is 25.3 Å². The van der Waals surface area contributed by atoms with Gasteiger partial charge in [0.2, 0.25) is 5.95 Å². The normalized spacial score (nSPS) is 15.6. The van der Waals surface area contributed by atoms with Gasteiger partial charge in [-0.25, -0.2) is 4.98 Å². The van der Waals surface area contributed by atoms with Crippen LogP contribution in [0.25, 0.3) is 11.2 Å². The summed E-state index contributed by atoms with van der Waals surface area (Å²) in [7, 11) is -3.68. The number of Topliss-reactive ketones (excluding diaryl/α,β-unsaturated/α-hetero) is 1. The fourth-order valence-corrected chi connectivity index (χ4v) is 4.26. The highest BCUT2D eigenvalue weighted by Crippen LogP contribution is 2.49. The third-order valence-electron chi connectivity index (χ3n) is 4.93. The number of anilines is 1. The topological polar surface area (TPSA) is 151 Å². The number of nitrogens with one attached hydrogen (secondary N) is 1. The summed E-state index contributed by atoms with van der Waals surface area (Å²) in [6, 6.07) is 9.24. The molecule has 3 N–H and O–H groups in total. The number of nitrogens with two attached hydrogens (primary N) is 1. The summed E-state index contributed by atoms with van der Waals surface area (Å²) < 4.78 is 31.3. The van der Waals surface area contributed by atoms with Crippen LogP contribution in [0.15, 0.2) is 41.5 Å². The summed E-state index contributed by atoms with van der Waals surface area (Å²) in [6.45, 7) is 0.208. The molecular weight excluding hydrogens is 437 g/mol. The average Bonchev–Trinajstić information content (AvgIpc) is 3.56. The van der Waals surface area contributed by atoms with E-state index in [4.69, 9.17) is 19.5 Å². The molecule has 2 heterocycles. The Bertz CT molecular complexity index is 1190. The van der Waals surface area contributed by atoms with Crippen LogP contribution in [0.2, 0.25) is 0 Å². The minimum absolute atomic E-state index is 0.00361. The highest BCUT2D eigenvalue weighted by molar-refractivity contribution is 7.53. The Morgan fingerprint density at radius 2 is 2.03 bits per heavy atom. The highest BCUT2D eigenvalue weighted by Gasteiger charge is 2.33. The Kier molecular flexibility index (Phi) is 6.80. The Labute approximate surface area is 183 Å². The molecule has 170 valence electrons. The van der Waals surface area contributed by atoms with Crippen molar-refractivity contribution >= 4 is 30.5 Å². The Morgan fingerprint density at radius 3 is 2.78 bits per heavy atom. The van der Waals surface area contributed by atoms with E-state index in [2.05, 4.69) is 15.0 Å². The number of carbonyl (C=O) groups is 1. The number of H-pyrrole nitrogens is 1. The van der Waals surface area contributed by atoms with Gasteiger partial charge in [-0.1, -0.05) is 30.3 Å². The number of fused-ring (bicyclic) bond motifs is 1. The first-order chi connectivity index (χ1) is 15.4. The van der Waals surface area contributed by atoms with Gasteiger partial charge in [0.15, 0.2) is 16.9 Å². The lowest BCUT2D eigenvalue weighted by Gasteiger charge is -2.18. The number of aromatic nitrogens is 4. The van der Waals surface area contributed by atoms with Gasteiger partial charge in [-0.2, -0.15) is 4.98 Å². The van der Waals surface area contributed by atoms with E-state index in [0.717, 1.165) is 18.4 Å². The maximum absolute atomic E-state index is 13.2. The Balaban J connectivity index is 1.35. The maximum atomic E-state index is 13.2. The lowest BCUT2D eigenvalue weighted by Crippen LogP contribution is -2.14. The molecular formula is C20H24N5O6P. The molecule has 0 amide bonds. The number of imidazole rings is 1. The molecule has 4 rings (SSSR count). The van der Waals surface area contributed by atoms with Crippen LogP contribution in [0.3, 0.4) is 0 Å². The first kappa shape index (κ1) is 22.3. The summed E-state index contributed by atoms with van der Waals surface area (Å²) >= 11 is 0. The Hall–Kier alpha value is -2.85. The summed E-state index contributed by atoms with van der Waals surface area (Å²) in [6.07, 6.45) is 2.81. The lowest BCUT2D eigenvalue weighted by molar-refractivity contribution is -0.122. The van der Waals surface area contributed by atoms with Crippen molar-refractivity contribution in [3.63, 3.8) is 0 Å². The first-order valence-electron chi connectivity index (χ1n) is 10.2. The molecule has 1 atom stereocenters. The standard InChI is InChI=1S/C20H24N5O6P/c21-20-23-18-17(19(27)24-20)22-12-25(18)8-9-29-13-32(28,31-11-16(26)15-6-7-15)30-10-14-4-2-1-3-5-14/h1-5,12,15H,6-11,13H2,(H3,21,23,24,27). The predicted octanol–water partition coefficient (Wildman–Crippen LogP) is 2.08. The van der Waals surface area contributed by atoms with Crippen LogP contribution in [0.1, 0.15) is 18.4 Å². The van der Waals surface area contributed by atoms with Crippen molar-refractivity contribution in [3.8, 4) is 0 Å². The predicted molar refractivity (Wildman–Crippen MR) is 116 cm³/mol. The number of hydrogen-bond acceptors (Lipinski definition) is 9. The van der Waals surface area contributed by atoms with E-state index in [9.17, 15) is 14.2 Å². The molecule has 1 aliphatic rings. The molecule has 3 aromatic rings. The third kappa shape index (κ3) is 5.68. The van der Waals surface area contributed by atoms with E-state index in [1.54, 1.807) is 4.57 Å². The monoisotopic (exact) mass is 461 g/mol. The SMILES string of the molecule is Nc1nc2c(ncn2CCOCP(=O)(OCC(=O)C2CC2)OCc2ccccc2)c(=O)[nH]1. The van der Waals surface area contributed by atoms with Crippen molar-refractivity contribution in [2.24, 2.45) is 5.92 Å². The van der Waals surface area contributed by atoms with Gasteiger partial charge in [0.05, 0.1) is 19.5 Å². The highest BCUT2D eigenvalue weighted by atomic mass is 31.2. The fraction of sp³-hybridized carbons (Fsp3) is 0.400. The van der Waals surface area contributed by atoms with E-state index in [-0.39, 0.29) is 55.9 Å². The zero-order valence-electron chi connectivity index (χ0n) is 17.3. The largest absolute Gasteiger partial charge is 0.369 e. The lowest BCUT2D eigenvalue weighted by atomic mass is 10.2. The van der Waals surface area contributed by atoms with Crippen LogP contribution >= 0.6 is 7.60 Å².